The van der Waals surface area contributed by atoms with Crippen molar-refractivity contribution in [2.45, 2.75) is 30.8 Å². The van der Waals surface area contributed by atoms with Gasteiger partial charge in [-0.25, -0.2) is 10.4 Å². The molecule has 1 amide bonds. The van der Waals surface area contributed by atoms with Crippen LogP contribution in [0.1, 0.15) is 28.8 Å². The van der Waals surface area contributed by atoms with Crippen molar-refractivity contribution in [3.63, 3.8) is 0 Å². The Morgan fingerprint density at radius 1 is 1.16 bits per heavy atom. The molecule has 2 heterocycles. The summed E-state index contributed by atoms with van der Waals surface area (Å²) < 4.78 is 6.94. The number of carbonyl (C=O) groups excluding carboxylic acids is 1. The molecule has 188 valence electrons. The van der Waals surface area contributed by atoms with Gasteiger partial charge in [0.2, 0.25) is 0 Å². The number of benzene rings is 2. The van der Waals surface area contributed by atoms with Gasteiger partial charge in [-0.15, -0.1) is 11.3 Å². The number of nitrogens with one attached hydrogen (secondary N) is 1. The van der Waals surface area contributed by atoms with Gasteiger partial charge in [-0.05, 0) is 61.6 Å². The average Bonchev–Trinajstić information content (AvgIpc) is 3.31. The van der Waals surface area contributed by atoms with Crippen LogP contribution in [0.2, 0.25) is 0 Å². The summed E-state index contributed by atoms with van der Waals surface area (Å²) in [6, 6.07) is 17.1. The number of methoxy groups -OCH3 is 1. The Kier molecular flexibility index (Phi) is 7.82. The zero-order chi connectivity index (χ0) is 25.6. The molecule has 1 N–H and O–H groups in total. The summed E-state index contributed by atoms with van der Waals surface area (Å²) in [5.41, 5.74) is 5.26. The first kappa shape index (κ1) is 25.0. The van der Waals surface area contributed by atoms with Gasteiger partial charge < -0.3 is 4.74 Å². The van der Waals surface area contributed by atoms with Crippen molar-refractivity contribution in [3.05, 3.63) is 87.0 Å². The number of thiophene rings is 1. The van der Waals surface area contributed by atoms with Crippen LogP contribution in [0.3, 0.4) is 0 Å². The monoisotopic (exact) mass is 530 g/mol. The Balaban J connectivity index is 1.33. The second-order valence-electron chi connectivity index (χ2n) is 8.46. The lowest BCUT2D eigenvalue weighted by Gasteiger charge is -2.13. The Morgan fingerprint density at radius 3 is 2.78 bits per heavy atom. The summed E-state index contributed by atoms with van der Waals surface area (Å²) in [6.45, 7) is 0. The number of thioether (sulfide) groups is 1. The van der Waals surface area contributed by atoms with Crippen molar-refractivity contribution in [2.24, 2.45) is 5.10 Å². The minimum Gasteiger partial charge on any atom is -0.496 e. The van der Waals surface area contributed by atoms with E-state index in [0.717, 1.165) is 58.5 Å². The molecule has 2 aromatic carbocycles. The maximum atomic E-state index is 13.7. The predicted octanol–water partition coefficient (Wildman–Crippen LogP) is 5.24. The number of hydrogen-bond acceptors (Lipinski definition) is 7. The summed E-state index contributed by atoms with van der Waals surface area (Å²) in [5.74, 6) is 0.545. The fourth-order valence-corrected chi connectivity index (χ4v) is 6.46. The number of nitrogens with zero attached hydrogens (tertiary/aromatic N) is 3. The van der Waals surface area contributed by atoms with Crippen molar-refractivity contribution in [1.82, 2.24) is 15.0 Å². The molecule has 1 aliphatic rings. The van der Waals surface area contributed by atoms with Gasteiger partial charge in [-0.3, -0.25) is 14.2 Å². The molecule has 7 nitrogen and oxygen atoms in total. The van der Waals surface area contributed by atoms with Crippen LogP contribution in [0, 0.1) is 0 Å². The second kappa shape index (κ2) is 11.6. The van der Waals surface area contributed by atoms with E-state index in [4.69, 9.17) is 9.72 Å². The highest BCUT2D eigenvalue weighted by atomic mass is 32.2. The maximum Gasteiger partial charge on any atom is 0.267 e. The fraction of sp³-hybridized carbons (Fsp3) is 0.214. The third-order valence-corrected chi connectivity index (χ3v) is 8.19. The minimum absolute atomic E-state index is 0.0713. The highest BCUT2D eigenvalue weighted by molar-refractivity contribution is 7.99. The van der Waals surface area contributed by atoms with E-state index in [-0.39, 0.29) is 17.2 Å². The molecular formula is C28H26N4O3S2. The molecule has 0 radical (unpaired) electrons. The van der Waals surface area contributed by atoms with Gasteiger partial charge in [0.25, 0.3) is 11.5 Å². The zero-order valence-electron chi connectivity index (χ0n) is 20.3. The predicted molar refractivity (Wildman–Crippen MR) is 151 cm³/mol. The largest absolute Gasteiger partial charge is 0.496 e. The van der Waals surface area contributed by atoms with Crippen LogP contribution in [0.4, 0.5) is 0 Å². The number of para-hydroxylation sites is 2. The number of rotatable bonds is 8. The molecule has 37 heavy (non-hydrogen) atoms. The van der Waals surface area contributed by atoms with E-state index in [2.05, 4.69) is 10.5 Å². The third kappa shape index (κ3) is 5.52. The first-order chi connectivity index (χ1) is 18.2. The SMILES string of the molecule is COc1ccccc1/C=C/C=N\NC(=O)CSc1nc2sc3c(c2c(=O)n1-c1ccccc1)CCCC3. The second-order valence-corrected chi connectivity index (χ2v) is 10.5. The summed E-state index contributed by atoms with van der Waals surface area (Å²) >= 11 is 2.84. The van der Waals surface area contributed by atoms with Gasteiger partial charge in [-0.2, -0.15) is 5.10 Å². The fourth-order valence-electron chi connectivity index (χ4n) is 4.35. The third-order valence-electron chi connectivity index (χ3n) is 6.07. The summed E-state index contributed by atoms with van der Waals surface area (Å²) in [7, 11) is 1.62. The topological polar surface area (TPSA) is 85.6 Å². The van der Waals surface area contributed by atoms with E-state index in [1.807, 2.05) is 60.7 Å². The molecule has 0 unspecified atom stereocenters. The number of hydrogen-bond donors (Lipinski definition) is 1. The molecule has 1 aliphatic carbocycles. The van der Waals surface area contributed by atoms with E-state index in [1.165, 1.54) is 22.9 Å². The number of ether oxygens (including phenoxy) is 1. The summed E-state index contributed by atoms with van der Waals surface area (Å²) in [5, 5.41) is 5.22. The van der Waals surface area contributed by atoms with E-state index in [1.54, 1.807) is 29.1 Å². The molecule has 0 fully saturated rings. The minimum atomic E-state index is -0.286. The standard InChI is InChI=1S/C28H26N4O3S2/c1-35-22-15-7-5-10-19(22)11-9-17-29-31-24(33)18-36-28-30-26-25(21-14-6-8-16-23(21)37-26)27(34)32(28)20-12-3-2-4-13-20/h2-5,7,9-13,15,17H,6,8,14,16,18H2,1H3,(H,31,33)/b11-9+,29-17-. The van der Waals surface area contributed by atoms with Gasteiger partial charge in [0.15, 0.2) is 5.16 Å². The molecule has 2 aromatic heterocycles. The van der Waals surface area contributed by atoms with Gasteiger partial charge >= 0.3 is 0 Å². The van der Waals surface area contributed by atoms with Gasteiger partial charge in [0.1, 0.15) is 10.6 Å². The molecule has 0 saturated carbocycles. The van der Waals surface area contributed by atoms with E-state index >= 15 is 0 Å². The first-order valence-electron chi connectivity index (χ1n) is 12.0. The number of carbonyl (C=O) groups is 1. The van der Waals surface area contributed by atoms with Crippen LogP contribution in [0.5, 0.6) is 5.75 Å². The Bertz CT molecular complexity index is 1540. The van der Waals surface area contributed by atoms with Gasteiger partial charge in [0.05, 0.1) is 23.9 Å². The van der Waals surface area contributed by atoms with Crippen LogP contribution in [0.15, 0.2) is 75.7 Å². The lowest BCUT2D eigenvalue weighted by atomic mass is 9.97. The molecule has 0 aliphatic heterocycles. The molecule has 0 saturated heterocycles. The lowest BCUT2D eigenvalue weighted by Crippen LogP contribution is -2.24. The Labute approximate surface area is 222 Å². The van der Waals surface area contributed by atoms with E-state index in [9.17, 15) is 9.59 Å². The number of fused-ring (bicyclic) bond motifs is 3. The molecule has 0 bridgehead atoms. The van der Waals surface area contributed by atoms with Crippen LogP contribution >= 0.6 is 23.1 Å². The van der Waals surface area contributed by atoms with Crippen molar-refractivity contribution in [1.29, 1.82) is 0 Å². The average molecular weight is 531 g/mol. The Hall–Kier alpha value is -3.69. The van der Waals surface area contributed by atoms with Crippen molar-refractivity contribution < 1.29 is 9.53 Å². The van der Waals surface area contributed by atoms with Crippen LogP contribution in [-0.4, -0.2) is 34.5 Å². The highest BCUT2D eigenvalue weighted by Gasteiger charge is 2.23. The Morgan fingerprint density at radius 2 is 1.95 bits per heavy atom. The molecule has 0 spiro atoms. The summed E-state index contributed by atoms with van der Waals surface area (Å²) in [6.07, 6.45) is 9.23. The van der Waals surface area contributed by atoms with E-state index in [0.29, 0.717) is 5.16 Å². The zero-order valence-corrected chi connectivity index (χ0v) is 22.0. The van der Waals surface area contributed by atoms with Crippen molar-refractivity contribution in [2.75, 3.05) is 12.9 Å². The molecule has 0 atom stereocenters. The number of amides is 1. The van der Waals surface area contributed by atoms with Gasteiger partial charge in [0, 0.05) is 16.7 Å². The maximum absolute atomic E-state index is 13.7. The molecule has 4 aromatic rings. The van der Waals surface area contributed by atoms with Crippen molar-refractivity contribution >= 4 is 51.5 Å². The number of aromatic nitrogens is 2. The van der Waals surface area contributed by atoms with E-state index < -0.39 is 0 Å². The van der Waals surface area contributed by atoms with Crippen LogP contribution in [-0.2, 0) is 17.6 Å². The number of hydrazone groups is 1. The molecule has 9 heteroatoms. The smallest absolute Gasteiger partial charge is 0.267 e. The van der Waals surface area contributed by atoms with Gasteiger partial charge in [-0.1, -0.05) is 48.2 Å². The number of allylic oxidation sites excluding steroid dienone is 1. The molecule has 5 rings (SSSR count). The summed E-state index contributed by atoms with van der Waals surface area (Å²) in [4.78, 5) is 33.1. The highest BCUT2D eigenvalue weighted by Crippen LogP contribution is 2.35. The van der Waals surface area contributed by atoms with Crippen LogP contribution in [0.25, 0.3) is 22.0 Å². The lowest BCUT2D eigenvalue weighted by molar-refractivity contribution is -0.118. The first-order valence-corrected chi connectivity index (χ1v) is 13.8. The van der Waals surface area contributed by atoms with Crippen molar-refractivity contribution in [3.8, 4) is 11.4 Å². The quantitative estimate of drug-likeness (QED) is 0.146. The van der Waals surface area contributed by atoms with Crippen LogP contribution < -0.4 is 15.7 Å². The molecular weight excluding hydrogens is 504 g/mol. The normalized spacial score (nSPS) is 13.3. The number of aryl methyl sites for hydroxylation is 2.